The van der Waals surface area contributed by atoms with E-state index in [1.165, 1.54) is 23.1 Å². The van der Waals surface area contributed by atoms with Gasteiger partial charge >= 0.3 is 0 Å². The predicted octanol–water partition coefficient (Wildman–Crippen LogP) is 2.26. The molecule has 0 radical (unpaired) electrons. The SMILES string of the molecule is C[C@H]1Sc2ccc(C(=O)NNC(=O)c3cccs3)cc2NC1=O. The van der Waals surface area contributed by atoms with Crippen LogP contribution in [-0.4, -0.2) is 23.0 Å². The van der Waals surface area contributed by atoms with Crippen LogP contribution in [0.2, 0.25) is 0 Å². The number of thiophene rings is 1. The van der Waals surface area contributed by atoms with Gasteiger partial charge in [0.2, 0.25) is 5.91 Å². The molecule has 0 saturated carbocycles. The van der Waals surface area contributed by atoms with Crippen LogP contribution < -0.4 is 16.2 Å². The molecule has 0 saturated heterocycles. The third-order valence-electron chi connectivity index (χ3n) is 3.21. The molecular formula is C15H13N3O3S2. The molecule has 0 unspecified atom stereocenters. The van der Waals surface area contributed by atoms with Gasteiger partial charge in [0.25, 0.3) is 11.8 Å². The summed E-state index contributed by atoms with van der Waals surface area (Å²) in [6.45, 7) is 1.82. The first-order chi connectivity index (χ1) is 11.0. The molecule has 0 bridgehead atoms. The van der Waals surface area contributed by atoms with Crippen molar-refractivity contribution in [3.8, 4) is 0 Å². The van der Waals surface area contributed by atoms with E-state index < -0.39 is 5.91 Å². The lowest BCUT2D eigenvalue weighted by molar-refractivity contribution is -0.115. The number of fused-ring (bicyclic) bond motifs is 1. The van der Waals surface area contributed by atoms with Crippen LogP contribution in [0.1, 0.15) is 27.0 Å². The van der Waals surface area contributed by atoms with E-state index in [4.69, 9.17) is 0 Å². The zero-order valence-electron chi connectivity index (χ0n) is 12.1. The summed E-state index contributed by atoms with van der Waals surface area (Å²) >= 11 is 2.73. The molecule has 1 aromatic carbocycles. The van der Waals surface area contributed by atoms with Gasteiger partial charge in [-0.05, 0) is 36.6 Å². The Labute approximate surface area is 140 Å². The number of benzene rings is 1. The first-order valence-corrected chi connectivity index (χ1v) is 8.56. The Morgan fingerprint density at radius 1 is 1.17 bits per heavy atom. The fraction of sp³-hybridized carbons (Fsp3) is 0.133. The number of carbonyl (C=O) groups is 3. The maximum absolute atomic E-state index is 12.1. The van der Waals surface area contributed by atoms with Crippen LogP contribution >= 0.6 is 23.1 Å². The topological polar surface area (TPSA) is 87.3 Å². The highest BCUT2D eigenvalue weighted by atomic mass is 32.2. The number of hydrogen-bond donors (Lipinski definition) is 3. The molecule has 0 spiro atoms. The maximum atomic E-state index is 12.1. The summed E-state index contributed by atoms with van der Waals surface area (Å²) < 4.78 is 0. The molecule has 3 amide bonds. The molecule has 0 aliphatic carbocycles. The Kier molecular flexibility index (Phi) is 4.35. The third-order valence-corrected chi connectivity index (χ3v) is 5.25. The lowest BCUT2D eigenvalue weighted by atomic mass is 10.2. The van der Waals surface area contributed by atoms with Crippen LogP contribution in [0.5, 0.6) is 0 Å². The zero-order valence-corrected chi connectivity index (χ0v) is 13.7. The summed E-state index contributed by atoms with van der Waals surface area (Å²) in [6, 6.07) is 8.46. The molecule has 6 nitrogen and oxygen atoms in total. The number of amides is 3. The van der Waals surface area contributed by atoms with Gasteiger partial charge in [0, 0.05) is 10.5 Å². The first-order valence-electron chi connectivity index (χ1n) is 6.80. The average molecular weight is 347 g/mol. The first kappa shape index (κ1) is 15.6. The molecule has 118 valence electrons. The smallest absolute Gasteiger partial charge is 0.279 e. The van der Waals surface area contributed by atoms with E-state index >= 15 is 0 Å². The Morgan fingerprint density at radius 3 is 2.70 bits per heavy atom. The van der Waals surface area contributed by atoms with Crippen LogP contribution in [0.25, 0.3) is 0 Å². The highest BCUT2D eigenvalue weighted by molar-refractivity contribution is 8.00. The minimum atomic E-state index is -0.449. The van der Waals surface area contributed by atoms with E-state index in [0.717, 1.165) is 4.90 Å². The van der Waals surface area contributed by atoms with Crippen molar-refractivity contribution in [1.29, 1.82) is 0 Å². The van der Waals surface area contributed by atoms with Gasteiger partial charge in [-0.3, -0.25) is 25.2 Å². The van der Waals surface area contributed by atoms with E-state index in [1.807, 2.05) is 6.92 Å². The molecule has 2 aromatic rings. The van der Waals surface area contributed by atoms with Gasteiger partial charge in [-0.15, -0.1) is 23.1 Å². The third kappa shape index (κ3) is 3.38. The minimum Gasteiger partial charge on any atom is -0.324 e. The predicted molar refractivity (Wildman–Crippen MR) is 89.6 cm³/mol. The van der Waals surface area contributed by atoms with Crippen LogP contribution in [0.3, 0.4) is 0 Å². The van der Waals surface area contributed by atoms with Crippen LogP contribution in [0, 0.1) is 0 Å². The maximum Gasteiger partial charge on any atom is 0.279 e. The number of hydrogen-bond acceptors (Lipinski definition) is 5. The fourth-order valence-electron chi connectivity index (χ4n) is 2.01. The summed E-state index contributed by atoms with van der Waals surface area (Å²) in [6.07, 6.45) is 0. The van der Waals surface area contributed by atoms with Crippen molar-refractivity contribution in [2.24, 2.45) is 0 Å². The molecule has 1 aliphatic heterocycles. The summed E-state index contributed by atoms with van der Waals surface area (Å²) in [7, 11) is 0. The van der Waals surface area contributed by atoms with Crippen LogP contribution in [0.4, 0.5) is 5.69 Å². The second kappa shape index (κ2) is 6.43. The van der Waals surface area contributed by atoms with Crippen molar-refractivity contribution in [3.63, 3.8) is 0 Å². The second-order valence-corrected chi connectivity index (χ2v) is 7.18. The molecule has 8 heteroatoms. The van der Waals surface area contributed by atoms with E-state index in [0.29, 0.717) is 16.1 Å². The van der Waals surface area contributed by atoms with Crippen LogP contribution in [-0.2, 0) is 4.79 Å². The largest absolute Gasteiger partial charge is 0.324 e. The molecule has 3 rings (SSSR count). The van der Waals surface area contributed by atoms with Gasteiger partial charge < -0.3 is 5.32 Å². The zero-order chi connectivity index (χ0) is 16.4. The van der Waals surface area contributed by atoms with Crippen molar-refractivity contribution in [1.82, 2.24) is 10.9 Å². The van der Waals surface area contributed by atoms with Gasteiger partial charge in [0.05, 0.1) is 15.8 Å². The average Bonchev–Trinajstić information content (AvgIpc) is 3.07. The lowest BCUT2D eigenvalue weighted by Gasteiger charge is -2.21. The molecule has 1 aliphatic rings. The molecule has 2 heterocycles. The molecule has 1 atom stereocenters. The second-order valence-electron chi connectivity index (χ2n) is 4.85. The summed E-state index contributed by atoms with van der Waals surface area (Å²) in [5.41, 5.74) is 5.68. The Bertz CT molecular complexity index is 774. The Hall–Kier alpha value is -2.32. The Morgan fingerprint density at radius 2 is 1.96 bits per heavy atom. The number of carbonyl (C=O) groups excluding carboxylic acids is 3. The van der Waals surface area contributed by atoms with Crippen molar-refractivity contribution in [2.75, 3.05) is 5.32 Å². The van der Waals surface area contributed by atoms with Gasteiger partial charge in [-0.25, -0.2) is 0 Å². The van der Waals surface area contributed by atoms with E-state index in [-0.39, 0.29) is 17.1 Å². The molecular weight excluding hydrogens is 334 g/mol. The number of anilines is 1. The summed E-state index contributed by atoms with van der Waals surface area (Å²) in [5.74, 6) is -0.911. The van der Waals surface area contributed by atoms with E-state index in [1.54, 1.807) is 35.7 Å². The van der Waals surface area contributed by atoms with Crippen molar-refractivity contribution in [2.45, 2.75) is 17.1 Å². The van der Waals surface area contributed by atoms with E-state index in [2.05, 4.69) is 16.2 Å². The number of thioether (sulfide) groups is 1. The number of hydrazine groups is 1. The van der Waals surface area contributed by atoms with Crippen molar-refractivity contribution >= 4 is 46.5 Å². The van der Waals surface area contributed by atoms with Gasteiger partial charge in [-0.1, -0.05) is 6.07 Å². The normalized spacial score (nSPS) is 16.2. The summed E-state index contributed by atoms with van der Waals surface area (Å²) in [4.78, 5) is 37.0. The standard InChI is InChI=1S/C15H13N3O3S2/c1-8-13(19)16-10-7-9(4-5-11(10)23-8)14(20)17-18-15(21)12-3-2-6-22-12/h2-8H,1H3,(H,16,19)(H,17,20)(H,18,21)/t8-/m1/s1. The van der Waals surface area contributed by atoms with Crippen molar-refractivity contribution < 1.29 is 14.4 Å². The summed E-state index contributed by atoms with van der Waals surface area (Å²) in [5, 5.41) is 4.39. The number of rotatable bonds is 2. The monoisotopic (exact) mass is 347 g/mol. The Balaban J connectivity index is 1.67. The molecule has 0 fully saturated rings. The van der Waals surface area contributed by atoms with Crippen molar-refractivity contribution in [3.05, 3.63) is 46.2 Å². The van der Waals surface area contributed by atoms with Gasteiger partial charge in [0.15, 0.2) is 0 Å². The van der Waals surface area contributed by atoms with Crippen LogP contribution in [0.15, 0.2) is 40.6 Å². The highest BCUT2D eigenvalue weighted by Crippen LogP contribution is 2.35. The number of nitrogens with one attached hydrogen (secondary N) is 3. The fourth-order valence-corrected chi connectivity index (χ4v) is 3.55. The van der Waals surface area contributed by atoms with Gasteiger partial charge in [0.1, 0.15) is 0 Å². The minimum absolute atomic E-state index is 0.0916. The molecule has 1 aromatic heterocycles. The van der Waals surface area contributed by atoms with Gasteiger partial charge in [-0.2, -0.15) is 0 Å². The lowest BCUT2D eigenvalue weighted by Crippen LogP contribution is -2.41. The van der Waals surface area contributed by atoms with E-state index in [9.17, 15) is 14.4 Å². The quantitative estimate of drug-likeness (QED) is 0.727. The molecule has 3 N–H and O–H groups in total. The highest BCUT2D eigenvalue weighted by Gasteiger charge is 2.23. The molecule has 23 heavy (non-hydrogen) atoms.